The van der Waals surface area contributed by atoms with Crippen LogP contribution < -0.4 is 9.86 Å². The predicted molar refractivity (Wildman–Crippen MR) is 94.2 cm³/mol. The van der Waals surface area contributed by atoms with Gasteiger partial charge in [0.2, 0.25) is 10.0 Å². The molecule has 0 aliphatic carbocycles. The van der Waals surface area contributed by atoms with E-state index in [1.54, 1.807) is 24.3 Å². The molecule has 0 bridgehead atoms. The number of aromatic hydroxyl groups is 1. The number of hydrogen-bond acceptors (Lipinski definition) is 5. The second kappa shape index (κ2) is 6.03. The van der Waals surface area contributed by atoms with Crippen LogP contribution >= 0.6 is 0 Å². The van der Waals surface area contributed by atoms with Gasteiger partial charge >= 0.3 is 0 Å². The van der Waals surface area contributed by atoms with Gasteiger partial charge in [-0.2, -0.15) is 0 Å². The fraction of sp³-hybridized carbons (Fsp3) is 0. The monoisotopic (exact) mass is 378 g/mol. The average Bonchev–Trinajstić information content (AvgIpc) is 2.54. The van der Waals surface area contributed by atoms with Crippen LogP contribution in [0.25, 0.3) is 10.8 Å². The summed E-state index contributed by atoms with van der Waals surface area (Å²) in [5, 5.41) is 16.1. The minimum absolute atomic E-state index is 0.0749. The number of rotatable bonds is 4. The number of hydrogen-bond donors (Lipinski definition) is 3. The SMILES string of the molecule is NS(=O)(=O)c1cccc(S(=O)(=O)Nc2cccc3cccc(O)c23)c1. The number of benzene rings is 3. The van der Waals surface area contributed by atoms with Gasteiger partial charge < -0.3 is 5.11 Å². The molecule has 0 atom stereocenters. The number of anilines is 1. The summed E-state index contributed by atoms with van der Waals surface area (Å²) in [6, 6.07) is 14.4. The summed E-state index contributed by atoms with van der Waals surface area (Å²) in [7, 11) is -8.12. The predicted octanol–water partition coefficient (Wildman–Crippen LogP) is 1.99. The fourth-order valence-electron chi connectivity index (χ4n) is 2.43. The summed E-state index contributed by atoms with van der Waals surface area (Å²) in [6.07, 6.45) is 0. The zero-order valence-electron chi connectivity index (χ0n) is 12.7. The van der Waals surface area contributed by atoms with E-state index in [9.17, 15) is 21.9 Å². The van der Waals surface area contributed by atoms with E-state index in [1.165, 1.54) is 30.3 Å². The molecule has 0 heterocycles. The van der Waals surface area contributed by atoms with Crippen molar-refractivity contribution in [1.29, 1.82) is 0 Å². The van der Waals surface area contributed by atoms with Crippen molar-refractivity contribution in [2.45, 2.75) is 9.79 Å². The fourth-order valence-corrected chi connectivity index (χ4v) is 4.18. The van der Waals surface area contributed by atoms with Crippen molar-refractivity contribution >= 4 is 36.5 Å². The molecule has 3 rings (SSSR count). The van der Waals surface area contributed by atoms with Crippen LogP contribution in [0, 0.1) is 0 Å². The molecule has 130 valence electrons. The van der Waals surface area contributed by atoms with Gasteiger partial charge in [-0.3, -0.25) is 4.72 Å². The lowest BCUT2D eigenvalue weighted by Crippen LogP contribution is -2.16. The van der Waals surface area contributed by atoms with Gasteiger partial charge in [-0.15, -0.1) is 0 Å². The van der Waals surface area contributed by atoms with Gasteiger partial charge in [0.25, 0.3) is 10.0 Å². The van der Waals surface area contributed by atoms with Crippen molar-refractivity contribution in [2.24, 2.45) is 5.14 Å². The first-order chi connectivity index (χ1) is 11.7. The average molecular weight is 378 g/mol. The van der Waals surface area contributed by atoms with Gasteiger partial charge in [0.1, 0.15) is 5.75 Å². The van der Waals surface area contributed by atoms with Crippen LogP contribution in [0.15, 0.2) is 70.5 Å². The third kappa shape index (κ3) is 3.43. The maximum atomic E-state index is 12.6. The van der Waals surface area contributed by atoms with Crippen molar-refractivity contribution < 1.29 is 21.9 Å². The molecular formula is C16H14N2O5S2. The molecular weight excluding hydrogens is 364 g/mol. The minimum Gasteiger partial charge on any atom is -0.507 e. The maximum absolute atomic E-state index is 12.6. The third-order valence-corrected chi connectivity index (χ3v) is 5.85. The number of phenols is 1. The minimum atomic E-state index is -4.09. The Bertz CT molecular complexity index is 1170. The summed E-state index contributed by atoms with van der Waals surface area (Å²) in [5.74, 6) is -0.0749. The maximum Gasteiger partial charge on any atom is 0.261 e. The molecule has 0 aliphatic heterocycles. The Labute approximate surface area is 144 Å². The molecule has 0 aliphatic rings. The van der Waals surface area contributed by atoms with E-state index >= 15 is 0 Å². The standard InChI is InChI=1S/C16H14N2O5S2/c17-24(20,21)12-6-3-7-13(10-12)25(22,23)18-14-8-1-4-11-5-2-9-15(19)16(11)14/h1-10,18-19H,(H2,17,20,21). The Morgan fingerprint density at radius 1 is 0.840 bits per heavy atom. The molecule has 9 heteroatoms. The second-order valence-electron chi connectivity index (χ2n) is 5.31. The van der Waals surface area contributed by atoms with E-state index in [0.29, 0.717) is 10.8 Å². The molecule has 7 nitrogen and oxygen atoms in total. The second-order valence-corrected chi connectivity index (χ2v) is 8.55. The lowest BCUT2D eigenvalue weighted by Gasteiger charge is -2.12. The van der Waals surface area contributed by atoms with Crippen molar-refractivity contribution in [3.05, 3.63) is 60.7 Å². The lowest BCUT2D eigenvalue weighted by atomic mass is 10.1. The highest BCUT2D eigenvalue weighted by atomic mass is 32.2. The summed E-state index contributed by atoms with van der Waals surface area (Å²) in [6.45, 7) is 0. The molecule has 0 unspecified atom stereocenters. The Morgan fingerprint density at radius 2 is 1.44 bits per heavy atom. The Balaban J connectivity index is 2.10. The quantitative estimate of drug-likeness (QED) is 0.640. The van der Waals surface area contributed by atoms with Gasteiger partial charge in [-0.05, 0) is 35.7 Å². The number of nitrogens with one attached hydrogen (secondary N) is 1. The number of primary sulfonamides is 1. The van der Waals surface area contributed by atoms with Gasteiger partial charge in [0, 0.05) is 5.39 Å². The molecule has 3 aromatic rings. The number of nitrogens with two attached hydrogens (primary N) is 1. The van der Waals surface area contributed by atoms with Crippen molar-refractivity contribution in [3.8, 4) is 5.75 Å². The van der Waals surface area contributed by atoms with E-state index in [-0.39, 0.29) is 21.2 Å². The van der Waals surface area contributed by atoms with Gasteiger partial charge in [0.15, 0.2) is 0 Å². The molecule has 25 heavy (non-hydrogen) atoms. The van der Waals surface area contributed by atoms with Crippen molar-refractivity contribution in [2.75, 3.05) is 4.72 Å². The highest BCUT2D eigenvalue weighted by Gasteiger charge is 2.19. The first kappa shape index (κ1) is 17.2. The smallest absolute Gasteiger partial charge is 0.261 e. The van der Waals surface area contributed by atoms with Gasteiger partial charge in [-0.25, -0.2) is 22.0 Å². The van der Waals surface area contributed by atoms with Crippen LogP contribution in [0.5, 0.6) is 5.75 Å². The molecule has 0 saturated carbocycles. The molecule has 0 aromatic heterocycles. The molecule has 3 aromatic carbocycles. The zero-order chi connectivity index (χ0) is 18.2. The van der Waals surface area contributed by atoms with Gasteiger partial charge in [-0.1, -0.05) is 30.3 Å². The van der Waals surface area contributed by atoms with E-state index in [4.69, 9.17) is 5.14 Å². The topological polar surface area (TPSA) is 127 Å². The molecule has 0 spiro atoms. The third-order valence-electron chi connectivity index (χ3n) is 3.57. The van der Waals surface area contributed by atoms with E-state index < -0.39 is 20.0 Å². The van der Waals surface area contributed by atoms with Crippen LogP contribution in [-0.2, 0) is 20.0 Å². The first-order valence-corrected chi connectivity index (χ1v) is 10.1. The van der Waals surface area contributed by atoms with Crippen LogP contribution in [-0.4, -0.2) is 21.9 Å². The van der Waals surface area contributed by atoms with Gasteiger partial charge in [0.05, 0.1) is 15.5 Å². The van der Waals surface area contributed by atoms with E-state index in [2.05, 4.69) is 4.72 Å². The van der Waals surface area contributed by atoms with Crippen LogP contribution in [0.1, 0.15) is 0 Å². The first-order valence-electron chi connectivity index (χ1n) is 7.05. The number of phenolic OH excluding ortho intramolecular Hbond substituents is 1. The Kier molecular flexibility index (Phi) is 4.15. The molecule has 0 fully saturated rings. The summed E-state index contributed by atoms with van der Waals surface area (Å²) < 4.78 is 50.4. The highest BCUT2D eigenvalue weighted by Crippen LogP contribution is 2.32. The summed E-state index contributed by atoms with van der Waals surface area (Å²) in [4.78, 5) is -0.567. The molecule has 0 radical (unpaired) electrons. The zero-order valence-corrected chi connectivity index (χ0v) is 14.4. The Morgan fingerprint density at radius 3 is 2.12 bits per heavy atom. The van der Waals surface area contributed by atoms with Crippen molar-refractivity contribution in [3.63, 3.8) is 0 Å². The van der Waals surface area contributed by atoms with Crippen LogP contribution in [0.3, 0.4) is 0 Å². The van der Waals surface area contributed by atoms with E-state index in [1.807, 2.05) is 0 Å². The van der Waals surface area contributed by atoms with Crippen molar-refractivity contribution in [1.82, 2.24) is 0 Å². The van der Waals surface area contributed by atoms with Crippen LogP contribution in [0.4, 0.5) is 5.69 Å². The largest absolute Gasteiger partial charge is 0.507 e. The number of fused-ring (bicyclic) bond motifs is 1. The summed E-state index contributed by atoms with van der Waals surface area (Å²) >= 11 is 0. The lowest BCUT2D eigenvalue weighted by molar-refractivity contribution is 0.482. The van der Waals surface area contributed by atoms with Crippen LogP contribution in [0.2, 0.25) is 0 Å². The summed E-state index contributed by atoms with van der Waals surface area (Å²) in [5.41, 5.74) is 0.177. The molecule has 0 saturated heterocycles. The molecule has 0 amide bonds. The molecule has 4 N–H and O–H groups in total. The normalized spacial score (nSPS) is 12.2. The number of sulfonamides is 2. The Hall–Kier alpha value is -2.62. The highest BCUT2D eigenvalue weighted by molar-refractivity contribution is 7.93. The van der Waals surface area contributed by atoms with E-state index in [0.717, 1.165) is 6.07 Å².